The number of ether oxygens (including phenoxy) is 3. The van der Waals surface area contributed by atoms with Gasteiger partial charge in [0.25, 0.3) is 0 Å². The van der Waals surface area contributed by atoms with Crippen molar-refractivity contribution >= 4 is 17.9 Å². The number of carbonyl (C=O) groups is 3. The van der Waals surface area contributed by atoms with Gasteiger partial charge < -0.3 is 14.2 Å². The first kappa shape index (κ1) is 56.4. The third-order valence-electron chi connectivity index (χ3n) is 12.4. The van der Waals surface area contributed by atoms with E-state index in [-0.39, 0.29) is 31.1 Å². The van der Waals surface area contributed by atoms with E-state index in [1.165, 1.54) is 161 Å². The zero-order valence-corrected chi connectivity index (χ0v) is 39.8. The molecule has 3 atom stereocenters. The third kappa shape index (κ3) is 42.5. The van der Waals surface area contributed by atoms with Crippen molar-refractivity contribution in [3.8, 4) is 0 Å². The molecule has 0 spiro atoms. The number of hydrogen-bond donors (Lipinski definition) is 0. The number of carbonyl (C=O) groups excluding carboxylic acids is 3. The second kappa shape index (κ2) is 43.5. The van der Waals surface area contributed by atoms with Gasteiger partial charge in [-0.2, -0.15) is 0 Å². The molecule has 0 fully saturated rings. The van der Waals surface area contributed by atoms with Crippen LogP contribution in [0.5, 0.6) is 0 Å². The highest BCUT2D eigenvalue weighted by Gasteiger charge is 2.19. The van der Waals surface area contributed by atoms with Crippen LogP contribution in [0.25, 0.3) is 0 Å². The highest BCUT2D eigenvalue weighted by atomic mass is 16.6. The minimum Gasteiger partial charge on any atom is -0.462 e. The molecule has 0 aromatic rings. The van der Waals surface area contributed by atoms with E-state index in [1.54, 1.807) is 0 Å². The lowest BCUT2D eigenvalue weighted by molar-refractivity contribution is -0.167. The van der Waals surface area contributed by atoms with Gasteiger partial charge in [0.2, 0.25) is 0 Å². The van der Waals surface area contributed by atoms with Crippen LogP contribution in [0.2, 0.25) is 0 Å². The minimum absolute atomic E-state index is 0.0656. The molecule has 0 aromatic carbocycles. The van der Waals surface area contributed by atoms with Gasteiger partial charge in [0.05, 0.1) is 0 Å². The molecule has 0 N–H and O–H groups in total. The van der Waals surface area contributed by atoms with Gasteiger partial charge in [-0.05, 0) is 37.0 Å². The van der Waals surface area contributed by atoms with Crippen molar-refractivity contribution in [3.63, 3.8) is 0 Å². The van der Waals surface area contributed by atoms with Crippen LogP contribution in [0, 0.1) is 17.8 Å². The van der Waals surface area contributed by atoms with Crippen molar-refractivity contribution in [1.29, 1.82) is 0 Å². The van der Waals surface area contributed by atoms with E-state index in [1.807, 2.05) is 0 Å². The van der Waals surface area contributed by atoms with Gasteiger partial charge in [0.1, 0.15) is 13.2 Å². The Labute approximate surface area is 361 Å². The van der Waals surface area contributed by atoms with Crippen LogP contribution in [0.4, 0.5) is 0 Å². The van der Waals surface area contributed by atoms with E-state index in [9.17, 15) is 14.4 Å². The Kier molecular flexibility index (Phi) is 42.3. The van der Waals surface area contributed by atoms with Gasteiger partial charge in [0.15, 0.2) is 6.10 Å². The summed E-state index contributed by atoms with van der Waals surface area (Å²) in [5.41, 5.74) is 0. The number of esters is 3. The fourth-order valence-corrected chi connectivity index (χ4v) is 7.70. The van der Waals surface area contributed by atoms with Crippen LogP contribution in [-0.4, -0.2) is 37.2 Å². The molecule has 344 valence electrons. The Bertz CT molecular complexity index is 902. The normalized spacial score (nSPS) is 13.1. The molecular formula is C52H100O6. The summed E-state index contributed by atoms with van der Waals surface area (Å²) in [6.45, 7) is 13.7. The molecular weight excluding hydrogens is 721 g/mol. The van der Waals surface area contributed by atoms with Crippen LogP contribution in [0.3, 0.4) is 0 Å². The number of unbranched alkanes of at least 4 members (excludes halogenated alkanes) is 26. The summed E-state index contributed by atoms with van der Waals surface area (Å²) in [4.78, 5) is 37.9. The van der Waals surface area contributed by atoms with Crippen LogP contribution in [0.15, 0.2) is 0 Å². The lowest BCUT2D eigenvalue weighted by atomic mass is 9.99. The first-order chi connectivity index (χ1) is 28.2. The van der Waals surface area contributed by atoms with Crippen molar-refractivity contribution in [2.75, 3.05) is 13.2 Å². The van der Waals surface area contributed by atoms with Crippen molar-refractivity contribution in [3.05, 3.63) is 0 Å². The first-order valence-electron chi connectivity index (χ1n) is 25.7. The Hall–Kier alpha value is -1.59. The predicted octanol–water partition coefficient (Wildman–Crippen LogP) is 16.4. The first-order valence-corrected chi connectivity index (χ1v) is 25.7. The molecule has 0 amide bonds. The molecule has 0 aliphatic heterocycles. The topological polar surface area (TPSA) is 78.9 Å². The smallest absolute Gasteiger partial charge is 0.306 e. The van der Waals surface area contributed by atoms with Gasteiger partial charge in [0, 0.05) is 19.3 Å². The molecule has 0 rings (SSSR count). The SMILES string of the molecule is CCC(C)CCCCCCCCCCCCC(=O)OC[C@H](COC(=O)CCCCCCCCCCCCCCCC(C)C)OC(=O)CCCCCCCCC(C)CC. The summed E-state index contributed by atoms with van der Waals surface area (Å²) in [5, 5.41) is 0. The maximum Gasteiger partial charge on any atom is 0.306 e. The predicted molar refractivity (Wildman–Crippen MR) is 247 cm³/mol. The summed E-state index contributed by atoms with van der Waals surface area (Å²) in [6, 6.07) is 0. The van der Waals surface area contributed by atoms with Crippen molar-refractivity contribution in [1.82, 2.24) is 0 Å². The maximum absolute atomic E-state index is 12.7. The van der Waals surface area contributed by atoms with E-state index >= 15 is 0 Å². The Morgan fingerprint density at radius 2 is 0.603 bits per heavy atom. The summed E-state index contributed by atoms with van der Waals surface area (Å²) < 4.78 is 16.8. The number of rotatable bonds is 45. The molecule has 0 radical (unpaired) electrons. The third-order valence-corrected chi connectivity index (χ3v) is 12.4. The molecule has 0 heterocycles. The van der Waals surface area contributed by atoms with Crippen molar-refractivity contribution in [2.45, 2.75) is 285 Å². The highest BCUT2D eigenvalue weighted by molar-refractivity contribution is 5.71. The van der Waals surface area contributed by atoms with Gasteiger partial charge in [-0.25, -0.2) is 0 Å². The average molecular weight is 821 g/mol. The second-order valence-corrected chi connectivity index (χ2v) is 18.8. The van der Waals surface area contributed by atoms with E-state index in [2.05, 4.69) is 41.5 Å². The molecule has 0 aliphatic carbocycles. The van der Waals surface area contributed by atoms with Crippen LogP contribution < -0.4 is 0 Å². The lowest BCUT2D eigenvalue weighted by Crippen LogP contribution is -2.30. The Morgan fingerprint density at radius 3 is 0.897 bits per heavy atom. The van der Waals surface area contributed by atoms with Crippen LogP contribution in [0.1, 0.15) is 279 Å². The Balaban J connectivity index is 4.29. The molecule has 0 bridgehead atoms. The molecule has 2 unspecified atom stereocenters. The fourth-order valence-electron chi connectivity index (χ4n) is 7.70. The second-order valence-electron chi connectivity index (χ2n) is 18.8. The number of hydrogen-bond acceptors (Lipinski definition) is 6. The average Bonchev–Trinajstić information content (AvgIpc) is 3.21. The Morgan fingerprint density at radius 1 is 0.345 bits per heavy atom. The molecule has 58 heavy (non-hydrogen) atoms. The van der Waals surface area contributed by atoms with E-state index in [0.29, 0.717) is 19.3 Å². The van der Waals surface area contributed by atoms with Crippen LogP contribution in [-0.2, 0) is 28.6 Å². The van der Waals surface area contributed by atoms with Crippen molar-refractivity contribution < 1.29 is 28.6 Å². The highest BCUT2D eigenvalue weighted by Crippen LogP contribution is 2.18. The fraction of sp³-hybridized carbons (Fsp3) is 0.942. The van der Waals surface area contributed by atoms with Gasteiger partial charge >= 0.3 is 17.9 Å². The molecule has 0 aliphatic rings. The van der Waals surface area contributed by atoms with Gasteiger partial charge in [-0.15, -0.1) is 0 Å². The van der Waals surface area contributed by atoms with E-state index in [0.717, 1.165) is 75.5 Å². The van der Waals surface area contributed by atoms with Gasteiger partial charge in [-0.1, -0.05) is 241 Å². The maximum atomic E-state index is 12.7. The summed E-state index contributed by atoms with van der Waals surface area (Å²) in [6.07, 6.45) is 42.3. The quantitative estimate of drug-likeness (QED) is 0.0346. The van der Waals surface area contributed by atoms with E-state index in [4.69, 9.17) is 14.2 Å². The summed E-state index contributed by atoms with van der Waals surface area (Å²) in [7, 11) is 0. The van der Waals surface area contributed by atoms with Gasteiger partial charge in [-0.3, -0.25) is 14.4 Å². The monoisotopic (exact) mass is 821 g/mol. The molecule has 6 nitrogen and oxygen atoms in total. The molecule has 0 aromatic heterocycles. The molecule has 6 heteroatoms. The standard InChI is InChI=1S/C52H100O6/c1-7-47(5)39-33-27-21-17-14-15-19-23-30-36-42-51(54)57-45-49(58-52(55)43-37-31-25-24-28-34-40-48(6)8-2)44-56-50(53)41-35-29-22-18-13-11-9-10-12-16-20-26-32-38-46(3)4/h46-49H,7-45H2,1-6H3/t47?,48?,49-/m0/s1. The lowest BCUT2D eigenvalue weighted by Gasteiger charge is -2.18. The zero-order chi connectivity index (χ0) is 42.7. The van der Waals surface area contributed by atoms with Crippen LogP contribution >= 0.6 is 0 Å². The van der Waals surface area contributed by atoms with E-state index < -0.39 is 6.10 Å². The zero-order valence-electron chi connectivity index (χ0n) is 39.8. The summed E-state index contributed by atoms with van der Waals surface area (Å²) in [5.74, 6) is 1.66. The molecule has 0 saturated heterocycles. The van der Waals surface area contributed by atoms with Crippen molar-refractivity contribution in [2.24, 2.45) is 17.8 Å². The minimum atomic E-state index is -0.763. The largest absolute Gasteiger partial charge is 0.462 e. The molecule has 0 saturated carbocycles. The summed E-state index contributed by atoms with van der Waals surface area (Å²) >= 11 is 0.